The van der Waals surface area contributed by atoms with E-state index in [-0.39, 0.29) is 6.54 Å². The van der Waals surface area contributed by atoms with Gasteiger partial charge in [-0.2, -0.15) is 0 Å². The molecule has 0 bridgehead atoms. The molecule has 0 aliphatic heterocycles. The van der Waals surface area contributed by atoms with Gasteiger partial charge in [-0.1, -0.05) is 6.42 Å². The van der Waals surface area contributed by atoms with Crippen molar-refractivity contribution in [3.63, 3.8) is 0 Å². The number of hydrogen-bond acceptors (Lipinski definition) is 1. The highest BCUT2D eigenvalue weighted by molar-refractivity contribution is 4.97. The van der Waals surface area contributed by atoms with Crippen molar-refractivity contribution in [2.24, 2.45) is 11.1 Å². The highest BCUT2D eigenvalue weighted by atomic mass is 19.3. The molecule has 1 fully saturated rings. The van der Waals surface area contributed by atoms with E-state index in [2.05, 4.69) is 0 Å². The molecule has 0 atom stereocenters. The molecule has 0 radical (unpaired) electrons. The van der Waals surface area contributed by atoms with E-state index >= 15 is 0 Å². The van der Waals surface area contributed by atoms with Crippen molar-refractivity contribution in [1.29, 1.82) is 0 Å². The Hall–Kier alpha value is -0.180. The van der Waals surface area contributed by atoms with E-state index in [1.165, 1.54) is 0 Å². The lowest BCUT2D eigenvalue weighted by Gasteiger charge is -2.45. The summed E-state index contributed by atoms with van der Waals surface area (Å²) in [6, 6.07) is 0. The molecule has 2 N–H and O–H groups in total. The highest BCUT2D eigenvalue weighted by Gasteiger charge is 2.52. The number of alkyl halides is 2. The van der Waals surface area contributed by atoms with Gasteiger partial charge in [-0.25, -0.2) is 8.78 Å². The molecule has 0 aromatic heterocycles. The summed E-state index contributed by atoms with van der Waals surface area (Å²) in [5.41, 5.74) is 4.42. The lowest BCUT2D eigenvalue weighted by Crippen LogP contribution is -2.49. The first-order chi connectivity index (χ1) is 4.52. The van der Waals surface area contributed by atoms with Crippen LogP contribution in [-0.4, -0.2) is 12.5 Å². The van der Waals surface area contributed by atoms with Gasteiger partial charge < -0.3 is 5.73 Å². The molecule has 3 heteroatoms. The predicted molar refractivity (Wildman–Crippen MR) is 36.0 cm³/mol. The first kappa shape index (κ1) is 7.92. The van der Waals surface area contributed by atoms with Crippen molar-refractivity contribution in [1.82, 2.24) is 0 Å². The van der Waals surface area contributed by atoms with Crippen molar-refractivity contribution in [2.45, 2.75) is 32.1 Å². The van der Waals surface area contributed by atoms with Crippen LogP contribution in [0.3, 0.4) is 0 Å². The maximum Gasteiger partial charge on any atom is 0.252 e. The molecule has 0 aromatic carbocycles. The van der Waals surface area contributed by atoms with Crippen molar-refractivity contribution < 1.29 is 8.78 Å². The number of nitrogens with two attached hydrogens (primary N) is 1. The minimum Gasteiger partial charge on any atom is -0.330 e. The van der Waals surface area contributed by atoms with Crippen LogP contribution >= 0.6 is 0 Å². The van der Waals surface area contributed by atoms with E-state index < -0.39 is 11.3 Å². The van der Waals surface area contributed by atoms with Gasteiger partial charge in [0.2, 0.25) is 0 Å². The summed E-state index contributed by atoms with van der Waals surface area (Å²) in [5, 5.41) is 0. The summed E-state index contributed by atoms with van der Waals surface area (Å²) >= 11 is 0. The van der Waals surface area contributed by atoms with Gasteiger partial charge in [0.15, 0.2) is 0 Å². The molecular formula is C7H13F2N. The fourth-order valence-electron chi connectivity index (χ4n) is 1.43. The Balaban J connectivity index is 2.65. The van der Waals surface area contributed by atoms with Gasteiger partial charge in [0.05, 0.1) is 0 Å². The Bertz CT molecular complexity index is 119. The molecule has 1 saturated carbocycles. The average Bonchev–Trinajstić information content (AvgIpc) is 1.58. The van der Waals surface area contributed by atoms with Gasteiger partial charge in [0.25, 0.3) is 5.92 Å². The molecule has 10 heavy (non-hydrogen) atoms. The maximum absolute atomic E-state index is 12.7. The second kappa shape index (κ2) is 2.16. The zero-order valence-corrected chi connectivity index (χ0v) is 6.16. The first-order valence-electron chi connectivity index (χ1n) is 3.60. The summed E-state index contributed by atoms with van der Waals surface area (Å²) in [4.78, 5) is 0. The standard InChI is InChI=1S/C7H13F2N/c1-6(8,9)7(5-10)3-2-4-7/h2-5,10H2,1H3. The van der Waals surface area contributed by atoms with Crippen LogP contribution in [0.15, 0.2) is 0 Å². The Morgan fingerprint density at radius 1 is 1.50 bits per heavy atom. The molecule has 1 rings (SSSR count). The van der Waals surface area contributed by atoms with Crippen LogP contribution in [0.4, 0.5) is 8.78 Å². The third-order valence-corrected chi connectivity index (χ3v) is 2.63. The molecule has 0 aromatic rings. The molecule has 0 spiro atoms. The minimum atomic E-state index is -2.58. The van der Waals surface area contributed by atoms with Crippen molar-refractivity contribution in [3.05, 3.63) is 0 Å². The molecule has 0 unspecified atom stereocenters. The average molecular weight is 149 g/mol. The predicted octanol–water partition coefficient (Wildman–Crippen LogP) is 1.77. The van der Waals surface area contributed by atoms with Gasteiger partial charge in [-0.15, -0.1) is 0 Å². The quantitative estimate of drug-likeness (QED) is 0.636. The number of hydrogen-bond donors (Lipinski definition) is 1. The van der Waals surface area contributed by atoms with Crippen LogP contribution in [-0.2, 0) is 0 Å². The number of halogens is 2. The Labute approximate surface area is 59.6 Å². The Morgan fingerprint density at radius 3 is 2.00 bits per heavy atom. The molecule has 60 valence electrons. The summed E-state index contributed by atoms with van der Waals surface area (Å²) in [6.07, 6.45) is 2.08. The van der Waals surface area contributed by atoms with Crippen LogP contribution in [0.2, 0.25) is 0 Å². The second-order valence-electron chi connectivity index (χ2n) is 3.23. The fourth-order valence-corrected chi connectivity index (χ4v) is 1.43. The monoisotopic (exact) mass is 149 g/mol. The van der Waals surface area contributed by atoms with E-state index in [1.807, 2.05) is 0 Å². The molecule has 0 heterocycles. The summed E-state index contributed by atoms with van der Waals surface area (Å²) in [5.74, 6) is -2.58. The zero-order chi connectivity index (χ0) is 7.83. The Kier molecular flexibility index (Phi) is 1.71. The zero-order valence-electron chi connectivity index (χ0n) is 6.16. The van der Waals surface area contributed by atoms with Gasteiger partial charge >= 0.3 is 0 Å². The van der Waals surface area contributed by atoms with Gasteiger partial charge in [-0.05, 0) is 19.8 Å². The summed E-state index contributed by atoms with van der Waals surface area (Å²) in [6.45, 7) is 1.09. The van der Waals surface area contributed by atoms with E-state index in [1.54, 1.807) is 0 Å². The third kappa shape index (κ3) is 0.926. The largest absolute Gasteiger partial charge is 0.330 e. The van der Waals surface area contributed by atoms with E-state index in [0.717, 1.165) is 13.3 Å². The van der Waals surface area contributed by atoms with Crippen molar-refractivity contribution >= 4 is 0 Å². The van der Waals surface area contributed by atoms with Crippen LogP contribution < -0.4 is 5.73 Å². The van der Waals surface area contributed by atoms with Crippen molar-refractivity contribution in [3.8, 4) is 0 Å². The van der Waals surface area contributed by atoms with E-state index in [0.29, 0.717) is 12.8 Å². The minimum absolute atomic E-state index is 0.122. The van der Waals surface area contributed by atoms with Crippen molar-refractivity contribution in [2.75, 3.05) is 6.54 Å². The molecule has 1 aliphatic rings. The first-order valence-corrected chi connectivity index (χ1v) is 3.60. The van der Waals surface area contributed by atoms with Crippen LogP contribution in [0.25, 0.3) is 0 Å². The van der Waals surface area contributed by atoms with E-state index in [9.17, 15) is 8.78 Å². The van der Waals surface area contributed by atoms with Crippen LogP contribution in [0, 0.1) is 5.41 Å². The molecule has 0 saturated heterocycles. The van der Waals surface area contributed by atoms with Gasteiger partial charge in [0, 0.05) is 12.0 Å². The Morgan fingerprint density at radius 2 is 2.00 bits per heavy atom. The highest BCUT2D eigenvalue weighted by Crippen LogP contribution is 2.50. The smallest absolute Gasteiger partial charge is 0.252 e. The number of rotatable bonds is 2. The summed E-state index contributed by atoms with van der Waals surface area (Å²) in [7, 11) is 0. The lowest BCUT2D eigenvalue weighted by atomic mass is 9.65. The molecular weight excluding hydrogens is 136 g/mol. The topological polar surface area (TPSA) is 26.0 Å². The third-order valence-electron chi connectivity index (χ3n) is 2.63. The molecule has 1 nitrogen and oxygen atoms in total. The maximum atomic E-state index is 12.7. The fraction of sp³-hybridized carbons (Fsp3) is 1.00. The van der Waals surface area contributed by atoms with E-state index in [4.69, 9.17) is 5.73 Å². The second-order valence-corrected chi connectivity index (χ2v) is 3.23. The molecule has 0 amide bonds. The summed E-state index contributed by atoms with van der Waals surface area (Å²) < 4.78 is 25.5. The lowest BCUT2D eigenvalue weighted by molar-refractivity contribution is -0.141. The van der Waals surface area contributed by atoms with Crippen LogP contribution in [0.1, 0.15) is 26.2 Å². The SMILES string of the molecule is CC(F)(F)C1(CN)CCC1. The van der Waals surface area contributed by atoms with Gasteiger partial charge in [-0.3, -0.25) is 0 Å². The normalized spacial score (nSPS) is 24.0. The van der Waals surface area contributed by atoms with Crippen LogP contribution in [0.5, 0.6) is 0 Å². The van der Waals surface area contributed by atoms with Gasteiger partial charge in [0.1, 0.15) is 0 Å². The molecule has 1 aliphatic carbocycles.